The quantitative estimate of drug-likeness (QED) is 0.839. The van der Waals surface area contributed by atoms with Gasteiger partial charge in [-0.05, 0) is 31.9 Å². The van der Waals surface area contributed by atoms with Gasteiger partial charge >= 0.3 is 5.97 Å². The van der Waals surface area contributed by atoms with Crippen LogP contribution in [-0.2, 0) is 9.53 Å². The molecule has 0 amide bonds. The van der Waals surface area contributed by atoms with Crippen molar-refractivity contribution in [1.82, 2.24) is 4.90 Å². The smallest absolute Gasteiger partial charge is 0.340 e. The number of benzene rings is 1. The van der Waals surface area contributed by atoms with E-state index >= 15 is 0 Å². The Bertz CT molecular complexity index is 774. The van der Waals surface area contributed by atoms with E-state index in [1.165, 1.54) is 0 Å². The zero-order valence-corrected chi connectivity index (χ0v) is 13.1. The van der Waals surface area contributed by atoms with Crippen LogP contribution in [0.4, 0.5) is 5.69 Å². The Morgan fingerprint density at radius 1 is 1.45 bits per heavy atom. The minimum absolute atomic E-state index is 0.140. The van der Waals surface area contributed by atoms with Crippen molar-refractivity contribution in [3.05, 3.63) is 22.6 Å². The second kappa shape index (κ2) is 5.48. The van der Waals surface area contributed by atoms with Crippen LogP contribution in [0.2, 0.25) is 0 Å². The van der Waals surface area contributed by atoms with Crippen LogP contribution >= 0.6 is 0 Å². The SMILES string of the molecule is CCOC(=O)C1=c2c(ccc(O)/c2=C/N(C)C)N=C1C1CC1. The third-order valence-electron chi connectivity index (χ3n) is 3.78. The highest BCUT2D eigenvalue weighted by atomic mass is 16.5. The molecular formula is C17H20N2O3. The van der Waals surface area contributed by atoms with Gasteiger partial charge in [0.2, 0.25) is 0 Å². The highest BCUT2D eigenvalue weighted by Crippen LogP contribution is 2.37. The second-order valence-corrected chi connectivity index (χ2v) is 5.85. The molecule has 1 saturated carbocycles. The summed E-state index contributed by atoms with van der Waals surface area (Å²) < 4.78 is 5.22. The first-order valence-corrected chi connectivity index (χ1v) is 7.53. The standard InChI is InChI=1S/C17H20N2O3/c1-4-22-17(21)15-14-11(9-19(2)3)13(20)8-7-12(14)18-16(15)10-5-6-10/h7-10,20H,4-6H2,1-3H3/b11-9-. The molecule has 1 aromatic carbocycles. The maximum atomic E-state index is 12.5. The zero-order valence-electron chi connectivity index (χ0n) is 13.1. The molecular weight excluding hydrogens is 280 g/mol. The molecule has 1 aliphatic heterocycles. The Labute approximate surface area is 129 Å². The summed E-state index contributed by atoms with van der Waals surface area (Å²) in [6.45, 7) is 2.11. The third-order valence-corrected chi connectivity index (χ3v) is 3.78. The van der Waals surface area contributed by atoms with E-state index in [1.807, 2.05) is 19.0 Å². The molecule has 2 aliphatic rings. The molecule has 1 aromatic rings. The molecule has 1 aliphatic carbocycles. The van der Waals surface area contributed by atoms with Gasteiger partial charge in [0.15, 0.2) is 0 Å². The first-order chi connectivity index (χ1) is 10.5. The topological polar surface area (TPSA) is 62.1 Å². The molecule has 1 fully saturated rings. The van der Waals surface area contributed by atoms with E-state index in [0.29, 0.717) is 28.5 Å². The number of rotatable bonds is 4. The van der Waals surface area contributed by atoms with Crippen LogP contribution in [0.3, 0.4) is 0 Å². The first kappa shape index (κ1) is 14.6. The number of hydrogen-bond donors (Lipinski definition) is 1. The van der Waals surface area contributed by atoms with Crippen molar-refractivity contribution in [1.29, 1.82) is 0 Å². The van der Waals surface area contributed by atoms with E-state index in [-0.39, 0.29) is 11.7 Å². The highest BCUT2D eigenvalue weighted by molar-refractivity contribution is 6.43. The second-order valence-electron chi connectivity index (χ2n) is 5.85. The van der Waals surface area contributed by atoms with Crippen molar-refractivity contribution in [3.63, 3.8) is 0 Å². The molecule has 5 nitrogen and oxygen atoms in total. The Morgan fingerprint density at radius 3 is 2.77 bits per heavy atom. The summed E-state index contributed by atoms with van der Waals surface area (Å²) >= 11 is 0. The maximum absolute atomic E-state index is 12.5. The molecule has 3 rings (SSSR count). The number of fused-ring (bicyclic) bond motifs is 1. The first-order valence-electron chi connectivity index (χ1n) is 7.53. The van der Waals surface area contributed by atoms with E-state index in [4.69, 9.17) is 4.74 Å². The molecule has 5 heteroatoms. The van der Waals surface area contributed by atoms with Crippen LogP contribution in [0.25, 0.3) is 11.8 Å². The summed E-state index contributed by atoms with van der Waals surface area (Å²) in [7, 11) is 3.75. The number of aliphatic imine (C=N–C) groups is 1. The number of ether oxygens (including phenoxy) is 1. The van der Waals surface area contributed by atoms with E-state index in [0.717, 1.165) is 24.2 Å². The van der Waals surface area contributed by atoms with Crippen LogP contribution in [0.1, 0.15) is 19.8 Å². The molecule has 116 valence electrons. The van der Waals surface area contributed by atoms with Gasteiger partial charge < -0.3 is 14.7 Å². The molecule has 0 atom stereocenters. The average Bonchev–Trinajstić information content (AvgIpc) is 3.22. The molecule has 0 unspecified atom stereocenters. The number of phenols is 1. The van der Waals surface area contributed by atoms with Gasteiger partial charge in [-0.1, -0.05) is 0 Å². The van der Waals surface area contributed by atoms with E-state index in [9.17, 15) is 9.90 Å². The van der Waals surface area contributed by atoms with Crippen molar-refractivity contribution in [3.8, 4) is 5.75 Å². The number of phenolic OH excluding ortho intramolecular Hbond substituents is 1. The van der Waals surface area contributed by atoms with E-state index in [1.54, 1.807) is 25.3 Å². The summed E-state index contributed by atoms with van der Waals surface area (Å²) in [6, 6.07) is 3.38. The largest absolute Gasteiger partial charge is 0.507 e. The molecule has 0 spiro atoms. The Kier molecular flexibility index (Phi) is 3.64. The zero-order chi connectivity index (χ0) is 15.9. The summed E-state index contributed by atoms with van der Waals surface area (Å²) in [5.74, 6) is 0.119. The van der Waals surface area contributed by atoms with Crippen molar-refractivity contribution >= 4 is 29.1 Å². The number of carbonyl (C=O) groups excluding carboxylic acids is 1. The van der Waals surface area contributed by atoms with Crippen molar-refractivity contribution in [2.75, 3.05) is 20.7 Å². The Hall–Kier alpha value is -2.30. The molecule has 1 N–H and O–H groups in total. The van der Waals surface area contributed by atoms with Crippen molar-refractivity contribution < 1.29 is 14.6 Å². The summed E-state index contributed by atoms with van der Waals surface area (Å²) in [5, 5.41) is 11.5. The predicted octanol–water partition coefficient (Wildman–Crippen LogP) is 0.902. The Balaban J connectivity index is 2.32. The lowest BCUT2D eigenvalue weighted by Gasteiger charge is -2.07. The fourth-order valence-corrected chi connectivity index (χ4v) is 2.72. The number of esters is 1. The number of aromatic hydroxyl groups is 1. The van der Waals surface area contributed by atoms with Gasteiger partial charge in [0, 0.05) is 36.7 Å². The van der Waals surface area contributed by atoms with Crippen LogP contribution in [0, 0.1) is 5.92 Å². The lowest BCUT2D eigenvalue weighted by molar-refractivity contribution is -0.135. The van der Waals surface area contributed by atoms with E-state index in [2.05, 4.69) is 4.99 Å². The van der Waals surface area contributed by atoms with Crippen molar-refractivity contribution in [2.24, 2.45) is 10.9 Å². The molecule has 0 saturated heterocycles. The summed E-state index contributed by atoms with van der Waals surface area (Å²) in [4.78, 5) is 18.9. The minimum Gasteiger partial charge on any atom is -0.507 e. The monoisotopic (exact) mass is 300 g/mol. The normalized spacial score (nSPS) is 17.3. The van der Waals surface area contributed by atoms with Crippen LogP contribution in [0.15, 0.2) is 17.1 Å². The Morgan fingerprint density at radius 2 is 2.18 bits per heavy atom. The van der Waals surface area contributed by atoms with Gasteiger partial charge in [0.05, 0.1) is 23.6 Å². The average molecular weight is 300 g/mol. The fraction of sp³-hybridized carbons (Fsp3) is 0.412. The van der Waals surface area contributed by atoms with E-state index < -0.39 is 0 Å². The minimum atomic E-state index is -0.356. The highest BCUT2D eigenvalue weighted by Gasteiger charge is 2.36. The van der Waals surface area contributed by atoms with Crippen LogP contribution < -0.4 is 10.4 Å². The lowest BCUT2D eigenvalue weighted by atomic mass is 10.0. The molecule has 22 heavy (non-hydrogen) atoms. The van der Waals surface area contributed by atoms with Crippen LogP contribution in [-0.4, -0.2) is 42.4 Å². The van der Waals surface area contributed by atoms with Crippen LogP contribution in [0.5, 0.6) is 5.75 Å². The van der Waals surface area contributed by atoms with Gasteiger partial charge in [-0.15, -0.1) is 0 Å². The number of hydrogen-bond acceptors (Lipinski definition) is 5. The summed E-state index contributed by atoms with van der Waals surface area (Å²) in [6.07, 6.45) is 3.90. The van der Waals surface area contributed by atoms with Crippen molar-refractivity contribution in [2.45, 2.75) is 19.8 Å². The molecule has 0 aromatic heterocycles. The molecule has 0 radical (unpaired) electrons. The predicted molar refractivity (Wildman–Crippen MR) is 85.4 cm³/mol. The molecule has 0 bridgehead atoms. The number of carbonyl (C=O) groups is 1. The summed E-state index contributed by atoms with van der Waals surface area (Å²) in [5.41, 5.74) is 2.06. The molecule has 1 heterocycles. The van der Waals surface area contributed by atoms with Gasteiger partial charge in [-0.2, -0.15) is 0 Å². The van der Waals surface area contributed by atoms with Gasteiger partial charge in [0.1, 0.15) is 5.75 Å². The fourth-order valence-electron chi connectivity index (χ4n) is 2.72. The third kappa shape index (κ3) is 2.47. The van der Waals surface area contributed by atoms with Gasteiger partial charge in [0.25, 0.3) is 0 Å². The van der Waals surface area contributed by atoms with Gasteiger partial charge in [-0.25, -0.2) is 4.79 Å². The number of nitrogens with zero attached hydrogens (tertiary/aromatic N) is 2. The lowest BCUT2D eigenvalue weighted by Crippen LogP contribution is -2.32. The van der Waals surface area contributed by atoms with Gasteiger partial charge in [-0.3, -0.25) is 4.99 Å². The maximum Gasteiger partial charge on any atom is 0.340 e.